The third-order valence-corrected chi connectivity index (χ3v) is 21.3. The molecule has 0 fully saturated rings. The van der Waals surface area contributed by atoms with Gasteiger partial charge in [-0.2, -0.15) is 0 Å². The normalized spacial score (nSPS) is 13.9. The first-order valence-corrected chi connectivity index (χ1v) is 38.0. The molecule has 0 bridgehead atoms. The highest BCUT2D eigenvalue weighted by molar-refractivity contribution is 6.20. The van der Waals surface area contributed by atoms with Crippen molar-refractivity contribution in [2.45, 2.75) is 269 Å². The minimum absolute atomic E-state index is 0.00767. The number of hydrogen-bond acceptors (Lipinski definition) is 0. The molecule has 0 spiro atoms. The van der Waals surface area contributed by atoms with Crippen LogP contribution in [-0.2, 0) is 54.1 Å². The Hall–Kier alpha value is -8.20. The summed E-state index contributed by atoms with van der Waals surface area (Å²) in [5.41, 5.74) is 28.4. The average Bonchev–Trinajstić information content (AvgIpc) is 1.62. The number of rotatable bonds is 6. The first-order valence-electron chi connectivity index (χ1n) is 40.0. The number of hydrogen-bond donors (Lipinski definition) is 0. The van der Waals surface area contributed by atoms with Gasteiger partial charge in [-0.3, -0.25) is 0 Å². The topological polar surface area (TPSA) is 9.86 Å². The smallest absolute Gasteiger partial charge is 0.0632 e. The van der Waals surface area contributed by atoms with E-state index in [0.717, 1.165) is 44.2 Å². The van der Waals surface area contributed by atoms with E-state index in [1.807, 2.05) is 0 Å². The maximum atomic E-state index is 9.30. The Balaban J connectivity index is 0.000000214. The molecule has 0 aliphatic rings. The van der Waals surface area contributed by atoms with Crippen molar-refractivity contribution >= 4 is 43.6 Å². The lowest BCUT2D eigenvalue weighted by atomic mass is 9.77. The molecular formula is C101H124N2. The Morgan fingerprint density at radius 2 is 0.534 bits per heavy atom. The zero-order chi connectivity index (χ0) is 79.3. The zero-order valence-corrected chi connectivity index (χ0v) is 69.0. The lowest BCUT2D eigenvalue weighted by molar-refractivity contribution is 0.567. The van der Waals surface area contributed by atoms with Crippen LogP contribution in [0.25, 0.3) is 99.5 Å². The fourth-order valence-electron chi connectivity index (χ4n) is 15.0. The first kappa shape index (κ1) is 70.5. The highest BCUT2D eigenvalue weighted by atomic mass is 15.0. The SMILES string of the molecule is CC(C)(C)c1cc(-c2cccc3c2c2c(C(C)(C)C)c(-c4ccccc4)ccc2n3-c2cc(C(C)(C)C)cc(C(C)(C)C)c2)cc(C(C)(C)C)c1.[2H]c1c([2H])c(C)c([2H])c(-c2ccc3c(c2C(C)(C)C)c2c(-c4cc(C(C)(C)C)cc(C(C)(C)C)c4)cccc2n3-c2cc(C(C)(C)C)cc(C(C)(C)C)c2)c1[2H]. The molecular weight excluding hydrogens is 1240 g/mol. The Labute approximate surface area is 628 Å². The van der Waals surface area contributed by atoms with Crippen molar-refractivity contribution in [1.29, 1.82) is 0 Å². The van der Waals surface area contributed by atoms with E-state index < -0.39 is 5.41 Å². The van der Waals surface area contributed by atoms with E-state index in [1.54, 1.807) is 6.92 Å². The van der Waals surface area contributed by atoms with E-state index in [4.69, 9.17) is 2.74 Å². The molecule has 0 aliphatic carbocycles. The molecule has 103 heavy (non-hydrogen) atoms. The molecule has 2 heteroatoms. The van der Waals surface area contributed by atoms with Crippen LogP contribution < -0.4 is 0 Å². The Bertz CT molecular complexity index is 5300. The van der Waals surface area contributed by atoms with E-state index in [0.29, 0.717) is 11.1 Å². The van der Waals surface area contributed by atoms with Crippen LogP contribution in [0.15, 0.2) is 188 Å². The minimum Gasteiger partial charge on any atom is -0.309 e. The Morgan fingerprint density at radius 1 is 0.243 bits per heavy atom. The summed E-state index contributed by atoms with van der Waals surface area (Å²) in [6.07, 6.45) is 0. The molecule has 0 unspecified atom stereocenters. The van der Waals surface area contributed by atoms with Gasteiger partial charge in [0, 0.05) is 32.9 Å². The fraction of sp³-hybridized carbons (Fsp3) is 0.406. The molecule has 0 saturated carbocycles. The standard InChI is InChI=1S/C51H63N.C50H61N/c1-32-19-17-20-33(25-32)41-23-24-43-45(46(41)51(14,15)16)44-40(34-26-35(47(2,3)4)28-36(27-34)48(5,6)7)21-18-22-42(44)52(43)39-30-37(49(8,9)10)29-38(31-39)50(11,12)13;1-46(2,3)34-26-33(27-35(28-34)47(4,5)6)39-22-19-23-41-43(39)44-42(25-24-40(45(44)50(13,14)15)32-20-17-16-18-21-32)51(41)38-30-36(48(7,8)9)29-37(31-38)49(10,11)12/h17-31H,1-16H3;16-31H,1-15H3/i17D,19D,20D,25D;. The molecule has 0 amide bonds. The van der Waals surface area contributed by atoms with Crippen LogP contribution in [0.4, 0.5) is 0 Å². The Morgan fingerprint density at radius 3 is 0.835 bits per heavy atom. The van der Waals surface area contributed by atoms with E-state index in [2.05, 4.69) is 381 Å². The molecule has 12 rings (SSSR count). The highest BCUT2D eigenvalue weighted by Crippen LogP contribution is 2.51. The summed E-state index contributed by atoms with van der Waals surface area (Å²) in [5, 5.41) is 4.91. The van der Waals surface area contributed by atoms with Crippen molar-refractivity contribution in [3.05, 3.63) is 249 Å². The van der Waals surface area contributed by atoms with Gasteiger partial charge in [-0.05, 0) is 210 Å². The molecule has 0 aliphatic heterocycles. The van der Waals surface area contributed by atoms with Crippen LogP contribution >= 0.6 is 0 Å². The van der Waals surface area contributed by atoms with Gasteiger partial charge in [0.1, 0.15) is 0 Å². The van der Waals surface area contributed by atoms with Gasteiger partial charge in [-0.25, -0.2) is 0 Å². The van der Waals surface area contributed by atoms with E-state index in [-0.39, 0.29) is 72.9 Å². The van der Waals surface area contributed by atoms with Crippen LogP contribution in [0, 0.1) is 6.92 Å². The molecule has 2 aromatic heterocycles. The van der Waals surface area contributed by atoms with E-state index in [9.17, 15) is 2.74 Å². The van der Waals surface area contributed by atoms with Crippen molar-refractivity contribution < 1.29 is 5.48 Å². The molecule has 2 nitrogen and oxygen atoms in total. The lowest BCUT2D eigenvalue weighted by Crippen LogP contribution is -2.17. The zero-order valence-electron chi connectivity index (χ0n) is 73.0. The third kappa shape index (κ3) is 15.2. The van der Waals surface area contributed by atoms with Gasteiger partial charge in [0.05, 0.1) is 27.5 Å². The van der Waals surface area contributed by atoms with Crippen molar-refractivity contribution in [3.63, 3.8) is 0 Å². The molecule has 2 heterocycles. The second kappa shape index (κ2) is 26.1. The monoisotopic (exact) mass is 1370 g/mol. The number of benzene rings is 10. The van der Waals surface area contributed by atoms with Crippen molar-refractivity contribution in [3.8, 4) is 55.9 Å². The van der Waals surface area contributed by atoms with Crippen LogP contribution in [0.2, 0.25) is 0 Å². The second-order valence-electron chi connectivity index (χ2n) is 40.3. The molecule has 0 atom stereocenters. The summed E-state index contributed by atoms with van der Waals surface area (Å²) >= 11 is 0. The molecule has 10 aromatic carbocycles. The summed E-state index contributed by atoms with van der Waals surface area (Å²) in [5.74, 6) is 0. The van der Waals surface area contributed by atoms with E-state index >= 15 is 0 Å². The van der Waals surface area contributed by atoms with Crippen LogP contribution in [0.5, 0.6) is 0 Å². The average molecular weight is 1370 g/mol. The maximum absolute atomic E-state index is 9.30. The summed E-state index contributed by atoms with van der Waals surface area (Å²) in [4.78, 5) is 0. The number of fused-ring (bicyclic) bond motifs is 6. The summed E-state index contributed by atoms with van der Waals surface area (Å²) in [6.45, 7) is 70.9. The van der Waals surface area contributed by atoms with Crippen LogP contribution in [-0.4, -0.2) is 9.13 Å². The van der Waals surface area contributed by atoms with Crippen molar-refractivity contribution in [1.82, 2.24) is 9.13 Å². The van der Waals surface area contributed by atoms with Gasteiger partial charge >= 0.3 is 0 Å². The first-order chi connectivity index (χ1) is 49.0. The fourth-order valence-corrected chi connectivity index (χ4v) is 15.0. The molecule has 0 saturated heterocycles. The van der Waals surface area contributed by atoms with Gasteiger partial charge in [-0.1, -0.05) is 353 Å². The highest BCUT2D eigenvalue weighted by Gasteiger charge is 2.34. The van der Waals surface area contributed by atoms with Gasteiger partial charge in [0.15, 0.2) is 0 Å². The minimum atomic E-state index is -0.427. The van der Waals surface area contributed by atoms with Gasteiger partial charge < -0.3 is 9.13 Å². The molecule has 538 valence electrons. The van der Waals surface area contributed by atoms with Gasteiger partial charge in [-0.15, -0.1) is 0 Å². The van der Waals surface area contributed by atoms with Crippen LogP contribution in [0.1, 0.15) is 274 Å². The van der Waals surface area contributed by atoms with E-state index in [1.165, 1.54) is 105 Å². The third-order valence-electron chi connectivity index (χ3n) is 21.3. The number of aromatic nitrogens is 2. The molecule has 0 N–H and O–H groups in total. The molecule has 0 radical (unpaired) electrons. The summed E-state index contributed by atoms with van der Waals surface area (Å²) < 4.78 is 40.8. The predicted molar refractivity (Wildman–Crippen MR) is 455 cm³/mol. The summed E-state index contributed by atoms with van der Waals surface area (Å²) in [6, 6.07) is 62.5. The second-order valence-corrected chi connectivity index (χ2v) is 40.3. The van der Waals surface area contributed by atoms with Gasteiger partial charge in [0.25, 0.3) is 0 Å². The maximum Gasteiger partial charge on any atom is 0.0632 e. The predicted octanol–water partition coefficient (Wildman–Crippen LogP) is 29.5. The summed E-state index contributed by atoms with van der Waals surface area (Å²) in [7, 11) is 0. The largest absolute Gasteiger partial charge is 0.309 e. The Kier molecular flexibility index (Phi) is 17.9. The number of nitrogens with zero attached hydrogens (tertiary/aromatic N) is 2. The van der Waals surface area contributed by atoms with Gasteiger partial charge in [0.2, 0.25) is 0 Å². The van der Waals surface area contributed by atoms with Crippen LogP contribution in [0.3, 0.4) is 0 Å². The van der Waals surface area contributed by atoms with Crippen molar-refractivity contribution in [2.24, 2.45) is 0 Å². The molecule has 12 aromatic rings. The van der Waals surface area contributed by atoms with Crippen molar-refractivity contribution in [2.75, 3.05) is 0 Å². The quantitative estimate of drug-likeness (QED) is 0.157. The lowest BCUT2D eigenvalue weighted by Gasteiger charge is -2.27.